The van der Waals surface area contributed by atoms with Gasteiger partial charge in [0, 0.05) is 9.79 Å². The van der Waals surface area contributed by atoms with Crippen LogP contribution >= 0.6 is 11.8 Å². The molecule has 0 heterocycles. The fourth-order valence-corrected chi connectivity index (χ4v) is 2.11. The summed E-state index contributed by atoms with van der Waals surface area (Å²) in [6, 6.07) is 12.5. The molecule has 0 nitrogen and oxygen atoms in total. The number of rotatable bonds is 2. The third-order valence-electron chi connectivity index (χ3n) is 1.83. The zero-order valence-corrected chi connectivity index (χ0v) is 8.60. The van der Waals surface area contributed by atoms with Crippen molar-refractivity contribution in [1.82, 2.24) is 0 Å². The third-order valence-corrected chi connectivity index (χ3v) is 2.81. The molecule has 2 aromatic carbocycles. The first-order chi connectivity index (χ1) is 7.24. The van der Waals surface area contributed by atoms with E-state index < -0.39 is 0 Å². The second kappa shape index (κ2) is 4.45. The molecule has 2 rings (SSSR count). The monoisotopic (exact) mass is 222 g/mol. The van der Waals surface area contributed by atoms with Crippen LogP contribution in [-0.4, -0.2) is 0 Å². The van der Waals surface area contributed by atoms with E-state index in [9.17, 15) is 8.78 Å². The van der Waals surface area contributed by atoms with Crippen LogP contribution in [0.1, 0.15) is 0 Å². The zero-order valence-electron chi connectivity index (χ0n) is 7.78. The van der Waals surface area contributed by atoms with Gasteiger partial charge in [-0.1, -0.05) is 23.9 Å². The summed E-state index contributed by atoms with van der Waals surface area (Å²) >= 11 is 1.34. The fraction of sp³-hybridized carbons (Fsp3) is 0. The molecule has 0 amide bonds. The van der Waals surface area contributed by atoms with Gasteiger partial charge in [-0.25, -0.2) is 8.78 Å². The molecule has 76 valence electrons. The van der Waals surface area contributed by atoms with E-state index in [1.54, 1.807) is 24.3 Å². The maximum atomic E-state index is 12.9. The van der Waals surface area contributed by atoms with Gasteiger partial charge in [0.25, 0.3) is 0 Å². The van der Waals surface area contributed by atoms with Gasteiger partial charge in [-0.15, -0.1) is 0 Å². The Hall–Kier alpha value is -1.35. The summed E-state index contributed by atoms with van der Waals surface area (Å²) in [7, 11) is 0. The molecule has 0 radical (unpaired) electrons. The number of hydrogen-bond donors (Lipinski definition) is 0. The first-order valence-electron chi connectivity index (χ1n) is 4.43. The van der Waals surface area contributed by atoms with Crippen LogP contribution in [0.2, 0.25) is 0 Å². The molecule has 0 aliphatic rings. The topological polar surface area (TPSA) is 0 Å². The molecule has 0 aromatic heterocycles. The summed E-state index contributed by atoms with van der Waals surface area (Å²) in [5, 5.41) is 0. The average Bonchev–Trinajstić information content (AvgIpc) is 2.17. The minimum Gasteiger partial charge on any atom is -0.207 e. The first kappa shape index (κ1) is 10.2. The number of halogens is 2. The van der Waals surface area contributed by atoms with E-state index in [-0.39, 0.29) is 11.6 Å². The van der Waals surface area contributed by atoms with E-state index in [1.165, 1.54) is 36.0 Å². The molecule has 15 heavy (non-hydrogen) atoms. The van der Waals surface area contributed by atoms with Crippen molar-refractivity contribution in [2.45, 2.75) is 9.79 Å². The highest BCUT2D eigenvalue weighted by atomic mass is 32.2. The van der Waals surface area contributed by atoms with Gasteiger partial charge in [-0.05, 0) is 36.4 Å². The lowest BCUT2D eigenvalue weighted by molar-refractivity contribution is 0.623. The van der Waals surface area contributed by atoms with Crippen molar-refractivity contribution in [2.24, 2.45) is 0 Å². The smallest absolute Gasteiger partial charge is 0.124 e. The minimum absolute atomic E-state index is 0.281. The lowest BCUT2D eigenvalue weighted by Gasteiger charge is -2.01. The normalized spacial score (nSPS) is 10.3. The zero-order chi connectivity index (χ0) is 10.7. The number of benzene rings is 2. The van der Waals surface area contributed by atoms with Gasteiger partial charge in [0.15, 0.2) is 0 Å². The molecule has 0 saturated carbocycles. The molecule has 0 unspecified atom stereocenters. The molecule has 0 saturated heterocycles. The second-order valence-electron chi connectivity index (χ2n) is 3.02. The Kier molecular flexibility index (Phi) is 3.02. The summed E-state index contributed by atoms with van der Waals surface area (Å²) < 4.78 is 25.7. The van der Waals surface area contributed by atoms with Crippen LogP contribution in [-0.2, 0) is 0 Å². The molecule has 0 fully saturated rings. The maximum absolute atomic E-state index is 12.9. The molecular weight excluding hydrogens is 214 g/mol. The second-order valence-corrected chi connectivity index (χ2v) is 4.16. The van der Waals surface area contributed by atoms with Gasteiger partial charge in [-0.2, -0.15) is 0 Å². The minimum atomic E-state index is -0.281. The summed E-state index contributed by atoms with van der Waals surface area (Å²) in [5.74, 6) is -0.562. The van der Waals surface area contributed by atoms with E-state index in [4.69, 9.17) is 0 Å². The Morgan fingerprint density at radius 3 is 1.60 bits per heavy atom. The highest BCUT2D eigenvalue weighted by Crippen LogP contribution is 2.28. The van der Waals surface area contributed by atoms with Gasteiger partial charge in [0.05, 0.1) is 0 Å². The maximum Gasteiger partial charge on any atom is 0.124 e. The Balaban J connectivity index is 2.22. The standard InChI is InChI=1S/C12H8F2S/c13-9-3-1-5-11(7-9)15-12-6-2-4-10(14)8-12/h1-8H. The predicted molar refractivity (Wildman–Crippen MR) is 56.9 cm³/mol. The molecule has 3 heteroatoms. The van der Waals surface area contributed by atoms with Gasteiger partial charge in [0.2, 0.25) is 0 Å². The van der Waals surface area contributed by atoms with Crippen LogP contribution in [0.25, 0.3) is 0 Å². The van der Waals surface area contributed by atoms with E-state index >= 15 is 0 Å². The molecular formula is C12H8F2S. The molecule has 0 aliphatic heterocycles. The summed E-state index contributed by atoms with van der Waals surface area (Å²) in [6.45, 7) is 0. The van der Waals surface area contributed by atoms with Crippen molar-refractivity contribution in [1.29, 1.82) is 0 Å². The third kappa shape index (κ3) is 2.80. The van der Waals surface area contributed by atoms with E-state index in [1.807, 2.05) is 0 Å². The Morgan fingerprint density at radius 2 is 1.20 bits per heavy atom. The molecule has 0 aliphatic carbocycles. The van der Waals surface area contributed by atoms with Crippen molar-refractivity contribution in [3.63, 3.8) is 0 Å². The van der Waals surface area contributed by atoms with Crippen LogP contribution in [0.3, 0.4) is 0 Å². The Bertz CT molecular complexity index is 425. The summed E-state index contributed by atoms with van der Waals surface area (Å²) in [5.41, 5.74) is 0. The van der Waals surface area contributed by atoms with Crippen LogP contribution in [0.15, 0.2) is 58.3 Å². The van der Waals surface area contributed by atoms with Crippen LogP contribution in [0, 0.1) is 11.6 Å². The molecule has 0 spiro atoms. The molecule has 0 atom stereocenters. The highest BCUT2D eigenvalue weighted by Gasteiger charge is 1.99. The lowest BCUT2D eigenvalue weighted by Crippen LogP contribution is -1.78. The van der Waals surface area contributed by atoms with E-state index in [0.717, 1.165) is 9.79 Å². The van der Waals surface area contributed by atoms with E-state index in [0.29, 0.717) is 0 Å². The quantitative estimate of drug-likeness (QED) is 0.736. The van der Waals surface area contributed by atoms with Gasteiger partial charge in [-0.3, -0.25) is 0 Å². The van der Waals surface area contributed by atoms with Crippen molar-refractivity contribution in [2.75, 3.05) is 0 Å². The highest BCUT2D eigenvalue weighted by molar-refractivity contribution is 7.99. The van der Waals surface area contributed by atoms with Crippen LogP contribution in [0.4, 0.5) is 8.78 Å². The summed E-state index contributed by atoms with van der Waals surface area (Å²) in [6.07, 6.45) is 0. The predicted octanol–water partition coefficient (Wildman–Crippen LogP) is 4.12. The molecule has 0 bridgehead atoms. The largest absolute Gasteiger partial charge is 0.207 e. The SMILES string of the molecule is Fc1cccc(Sc2cccc(F)c2)c1. The van der Waals surface area contributed by atoms with Crippen LogP contribution in [0.5, 0.6) is 0 Å². The number of hydrogen-bond acceptors (Lipinski definition) is 1. The van der Waals surface area contributed by atoms with Crippen molar-refractivity contribution in [3.05, 3.63) is 60.2 Å². The molecule has 2 aromatic rings. The summed E-state index contributed by atoms with van der Waals surface area (Å²) in [4.78, 5) is 1.53. The van der Waals surface area contributed by atoms with Crippen LogP contribution < -0.4 is 0 Å². The van der Waals surface area contributed by atoms with Crippen molar-refractivity contribution < 1.29 is 8.78 Å². The van der Waals surface area contributed by atoms with Gasteiger partial charge in [0.1, 0.15) is 11.6 Å². The first-order valence-corrected chi connectivity index (χ1v) is 5.25. The Morgan fingerprint density at radius 1 is 0.733 bits per heavy atom. The van der Waals surface area contributed by atoms with Crippen molar-refractivity contribution >= 4 is 11.8 Å². The van der Waals surface area contributed by atoms with Gasteiger partial charge >= 0.3 is 0 Å². The van der Waals surface area contributed by atoms with Gasteiger partial charge < -0.3 is 0 Å². The lowest BCUT2D eigenvalue weighted by atomic mass is 10.3. The fourth-order valence-electron chi connectivity index (χ4n) is 1.20. The Labute approximate surface area is 90.9 Å². The van der Waals surface area contributed by atoms with E-state index in [2.05, 4.69) is 0 Å². The average molecular weight is 222 g/mol. The van der Waals surface area contributed by atoms with Crippen molar-refractivity contribution in [3.8, 4) is 0 Å². The molecule has 0 N–H and O–H groups in total.